The zero-order valence-electron chi connectivity index (χ0n) is 13.9. The van der Waals surface area contributed by atoms with Crippen LogP contribution < -0.4 is 9.47 Å². The van der Waals surface area contributed by atoms with Crippen LogP contribution in [0.5, 0.6) is 11.5 Å². The van der Waals surface area contributed by atoms with Crippen molar-refractivity contribution in [2.24, 2.45) is 5.16 Å². The Morgan fingerprint density at radius 1 is 1.21 bits per heavy atom. The van der Waals surface area contributed by atoms with Crippen LogP contribution >= 0.6 is 23.2 Å². The fraction of sp³-hybridized carbons (Fsp3) is 0.471. The van der Waals surface area contributed by atoms with Gasteiger partial charge in [-0.25, -0.2) is 0 Å². The minimum absolute atomic E-state index is 0.190. The molecule has 0 unspecified atom stereocenters. The average Bonchev–Trinajstić information content (AvgIpc) is 2.54. The summed E-state index contributed by atoms with van der Waals surface area (Å²) in [5, 5.41) is 11.1. The lowest BCUT2D eigenvalue weighted by atomic mass is 10.1. The highest BCUT2D eigenvalue weighted by Crippen LogP contribution is 2.30. The van der Waals surface area contributed by atoms with Crippen molar-refractivity contribution in [3.63, 3.8) is 0 Å². The van der Waals surface area contributed by atoms with Gasteiger partial charge in [0.1, 0.15) is 22.6 Å². The summed E-state index contributed by atoms with van der Waals surface area (Å²) >= 11 is 11.1. The Hall–Kier alpha value is -1.43. The van der Waals surface area contributed by atoms with Crippen molar-refractivity contribution in [2.75, 3.05) is 26.4 Å². The largest absolute Gasteiger partial charge is 0.493 e. The van der Waals surface area contributed by atoms with E-state index in [0.29, 0.717) is 26.4 Å². The van der Waals surface area contributed by atoms with Gasteiger partial charge in [-0.15, -0.1) is 0 Å². The van der Waals surface area contributed by atoms with Gasteiger partial charge >= 0.3 is 0 Å². The first kappa shape index (κ1) is 20.6. The van der Waals surface area contributed by atoms with Crippen LogP contribution in [-0.2, 0) is 11.2 Å². The van der Waals surface area contributed by atoms with Gasteiger partial charge in [-0.2, -0.15) is 0 Å². The Bertz CT molecular complexity index is 558. The highest BCUT2D eigenvalue weighted by Gasteiger charge is 2.09. The van der Waals surface area contributed by atoms with Gasteiger partial charge in [0.15, 0.2) is 0 Å². The van der Waals surface area contributed by atoms with Gasteiger partial charge in [-0.3, -0.25) is 0 Å². The van der Waals surface area contributed by atoms with Gasteiger partial charge in [-0.05, 0) is 42.7 Å². The number of hydrogen-bond acceptors (Lipinski definition) is 5. The maximum Gasteiger partial charge on any atom is 0.125 e. The molecule has 0 bridgehead atoms. The van der Waals surface area contributed by atoms with Gasteiger partial charge in [0.25, 0.3) is 0 Å². The first-order valence-electron chi connectivity index (χ1n) is 7.72. The number of rotatable bonds is 11. The maximum absolute atomic E-state index is 8.25. The number of nitrogens with zero attached hydrogens (tertiary/aromatic N) is 1. The predicted molar refractivity (Wildman–Crippen MR) is 97.1 cm³/mol. The molecule has 134 valence electrons. The monoisotopic (exact) mass is 375 g/mol. The van der Waals surface area contributed by atoms with E-state index >= 15 is 0 Å². The van der Waals surface area contributed by atoms with Crippen molar-refractivity contribution in [1.29, 1.82) is 0 Å². The van der Waals surface area contributed by atoms with E-state index in [1.807, 2.05) is 19.1 Å². The summed E-state index contributed by atoms with van der Waals surface area (Å²) < 4.78 is 16.9. The second-order valence-electron chi connectivity index (χ2n) is 4.96. The molecular weight excluding hydrogens is 353 g/mol. The van der Waals surface area contributed by atoms with Crippen molar-refractivity contribution in [1.82, 2.24) is 0 Å². The highest BCUT2D eigenvalue weighted by atomic mass is 35.5. The lowest BCUT2D eigenvalue weighted by Gasteiger charge is -2.15. The summed E-state index contributed by atoms with van der Waals surface area (Å²) in [6.07, 6.45) is 4.48. The first-order chi connectivity index (χ1) is 11.6. The highest BCUT2D eigenvalue weighted by molar-refractivity contribution is 6.55. The smallest absolute Gasteiger partial charge is 0.125 e. The zero-order valence-corrected chi connectivity index (χ0v) is 15.4. The van der Waals surface area contributed by atoms with Crippen molar-refractivity contribution in [2.45, 2.75) is 26.7 Å². The molecule has 1 rings (SSSR count). The summed E-state index contributed by atoms with van der Waals surface area (Å²) in [7, 11) is 0. The van der Waals surface area contributed by atoms with Gasteiger partial charge in [0.2, 0.25) is 0 Å². The minimum Gasteiger partial charge on any atom is -0.493 e. The molecule has 1 N–H and O–H groups in total. The minimum atomic E-state index is 0.190. The molecule has 0 saturated carbocycles. The molecule has 1 aromatic carbocycles. The van der Waals surface area contributed by atoms with Crippen LogP contribution in [0.4, 0.5) is 0 Å². The van der Waals surface area contributed by atoms with E-state index in [-0.39, 0.29) is 4.49 Å². The Morgan fingerprint density at radius 2 is 2.00 bits per heavy atom. The van der Waals surface area contributed by atoms with E-state index in [4.69, 9.17) is 42.6 Å². The lowest BCUT2D eigenvalue weighted by Crippen LogP contribution is -2.07. The van der Waals surface area contributed by atoms with E-state index < -0.39 is 0 Å². The zero-order chi connectivity index (χ0) is 17.8. The van der Waals surface area contributed by atoms with Crippen molar-refractivity contribution < 1.29 is 19.4 Å². The molecule has 0 aliphatic carbocycles. The molecule has 1 aromatic rings. The molecule has 0 aromatic heterocycles. The van der Waals surface area contributed by atoms with Crippen molar-refractivity contribution in [3.05, 3.63) is 33.8 Å². The van der Waals surface area contributed by atoms with Crippen LogP contribution in [0.25, 0.3) is 0 Å². The molecule has 0 spiro atoms. The summed E-state index contributed by atoms with van der Waals surface area (Å²) in [6.45, 7) is 5.76. The summed E-state index contributed by atoms with van der Waals surface area (Å²) in [5.41, 5.74) is 2.10. The molecule has 0 fully saturated rings. The Balaban J connectivity index is 2.56. The summed E-state index contributed by atoms with van der Waals surface area (Å²) in [4.78, 5) is 0. The van der Waals surface area contributed by atoms with Crippen LogP contribution in [0, 0.1) is 6.92 Å². The third-order valence-electron chi connectivity index (χ3n) is 3.15. The van der Waals surface area contributed by atoms with E-state index in [1.165, 1.54) is 6.21 Å². The van der Waals surface area contributed by atoms with Gasteiger partial charge < -0.3 is 19.4 Å². The first-order valence-corrected chi connectivity index (χ1v) is 8.48. The molecular formula is C17H23Cl2NO4. The molecule has 0 atom stereocenters. The van der Waals surface area contributed by atoms with E-state index in [9.17, 15) is 0 Å². The predicted octanol–water partition coefficient (Wildman–Crippen LogP) is 4.50. The SMILES string of the molecule is CCc1cc(OCC=C(Cl)Cl)cc(C)c1OCCCOC/C=N/O. The van der Waals surface area contributed by atoms with Crippen LogP contribution in [0.1, 0.15) is 24.5 Å². The quantitative estimate of drug-likeness (QED) is 0.267. The number of halogens is 2. The number of hydrogen-bond donors (Lipinski definition) is 1. The van der Waals surface area contributed by atoms with Gasteiger partial charge in [0, 0.05) is 6.42 Å². The number of aryl methyl sites for hydroxylation is 2. The summed E-state index contributed by atoms with van der Waals surface area (Å²) in [6, 6.07) is 3.89. The van der Waals surface area contributed by atoms with Crippen LogP contribution in [-0.4, -0.2) is 37.8 Å². The topological polar surface area (TPSA) is 60.3 Å². The Kier molecular flexibility index (Phi) is 10.3. The molecule has 24 heavy (non-hydrogen) atoms. The summed E-state index contributed by atoms with van der Waals surface area (Å²) in [5.74, 6) is 1.64. The Labute approximate surface area is 152 Å². The number of ether oxygens (including phenoxy) is 3. The molecule has 0 aliphatic heterocycles. The molecule has 0 heterocycles. The molecule has 0 radical (unpaired) electrons. The average molecular weight is 376 g/mol. The molecule has 0 aliphatic rings. The third kappa shape index (κ3) is 7.90. The second kappa shape index (κ2) is 12.0. The van der Waals surface area contributed by atoms with Crippen molar-refractivity contribution >= 4 is 29.4 Å². The van der Waals surface area contributed by atoms with Gasteiger partial charge in [0.05, 0.1) is 26.0 Å². The number of benzene rings is 1. The standard InChI is InChI=1S/C17H23Cl2NO4/c1-3-14-12-15(23-9-5-16(18)19)11-13(2)17(14)24-8-4-7-22-10-6-20-21/h5-6,11-12,21H,3-4,7-10H2,1-2H3/b20-6+. The number of oxime groups is 1. The molecule has 5 nitrogen and oxygen atoms in total. The fourth-order valence-electron chi connectivity index (χ4n) is 2.07. The van der Waals surface area contributed by atoms with Crippen LogP contribution in [0.15, 0.2) is 27.9 Å². The van der Waals surface area contributed by atoms with Crippen LogP contribution in [0.3, 0.4) is 0 Å². The maximum atomic E-state index is 8.25. The van der Waals surface area contributed by atoms with Crippen molar-refractivity contribution in [3.8, 4) is 11.5 Å². The third-order valence-corrected chi connectivity index (χ3v) is 3.46. The lowest BCUT2D eigenvalue weighted by molar-refractivity contribution is 0.150. The fourth-order valence-corrected chi connectivity index (χ4v) is 2.20. The Morgan fingerprint density at radius 3 is 2.67 bits per heavy atom. The molecule has 7 heteroatoms. The molecule has 0 saturated heterocycles. The normalized spacial score (nSPS) is 10.8. The van der Waals surface area contributed by atoms with E-state index in [0.717, 1.165) is 35.5 Å². The van der Waals surface area contributed by atoms with E-state index in [2.05, 4.69) is 12.1 Å². The molecule has 0 amide bonds. The van der Waals surface area contributed by atoms with Crippen LogP contribution in [0.2, 0.25) is 0 Å². The van der Waals surface area contributed by atoms with Gasteiger partial charge in [-0.1, -0.05) is 35.3 Å². The second-order valence-corrected chi connectivity index (χ2v) is 5.97. The van der Waals surface area contributed by atoms with E-state index in [1.54, 1.807) is 6.08 Å².